The minimum atomic E-state index is 0.595. The summed E-state index contributed by atoms with van der Waals surface area (Å²) in [4.78, 5) is 8.93. The van der Waals surface area contributed by atoms with E-state index >= 15 is 0 Å². The van der Waals surface area contributed by atoms with Crippen molar-refractivity contribution in [3.05, 3.63) is 36.0 Å². The number of methoxy groups -OCH3 is 1. The Bertz CT molecular complexity index is 596. The number of rotatable bonds is 7. The summed E-state index contributed by atoms with van der Waals surface area (Å²) in [6.07, 6.45) is 1.12. The van der Waals surface area contributed by atoms with E-state index < -0.39 is 0 Å². The zero-order valence-electron chi connectivity index (χ0n) is 13.7. The molecule has 0 saturated carbocycles. The van der Waals surface area contributed by atoms with Crippen LogP contribution in [0, 0.1) is 12.8 Å². The maximum Gasteiger partial charge on any atom is 0.229 e. The maximum atomic E-state index is 5.15. The molecule has 0 aliphatic heterocycles. The van der Waals surface area contributed by atoms with Gasteiger partial charge in [0.2, 0.25) is 5.95 Å². The van der Waals surface area contributed by atoms with Crippen LogP contribution in [0.5, 0.6) is 5.75 Å². The summed E-state index contributed by atoms with van der Waals surface area (Å²) in [6.45, 7) is 7.30. The van der Waals surface area contributed by atoms with Crippen LogP contribution in [0.25, 0.3) is 0 Å². The van der Waals surface area contributed by atoms with Gasteiger partial charge in [0.15, 0.2) is 0 Å². The molecule has 5 nitrogen and oxygen atoms in total. The standard InChI is InChI=1S/C17H24N4O/c1-12(2)9-10-18-16-11-13(3)19-17(21-16)20-14-5-7-15(22-4)8-6-14/h5-8,11-12H,9-10H2,1-4H3,(H2,18,19,20,21). The van der Waals surface area contributed by atoms with Crippen LogP contribution in [0.1, 0.15) is 26.0 Å². The minimum Gasteiger partial charge on any atom is -0.497 e. The number of hydrogen-bond acceptors (Lipinski definition) is 5. The van der Waals surface area contributed by atoms with Gasteiger partial charge in [-0.2, -0.15) is 4.98 Å². The Morgan fingerprint density at radius 2 is 1.86 bits per heavy atom. The highest BCUT2D eigenvalue weighted by molar-refractivity contribution is 5.56. The summed E-state index contributed by atoms with van der Waals surface area (Å²) in [6, 6.07) is 9.65. The van der Waals surface area contributed by atoms with Crippen LogP contribution >= 0.6 is 0 Å². The predicted octanol–water partition coefficient (Wildman–Crippen LogP) is 4.00. The van der Waals surface area contributed by atoms with Crippen LogP contribution in [-0.4, -0.2) is 23.6 Å². The summed E-state index contributed by atoms with van der Waals surface area (Å²) in [5.74, 6) is 2.94. The van der Waals surface area contributed by atoms with Crippen molar-refractivity contribution >= 4 is 17.5 Å². The van der Waals surface area contributed by atoms with Crippen molar-refractivity contribution in [3.8, 4) is 5.75 Å². The van der Waals surface area contributed by atoms with Gasteiger partial charge in [-0.3, -0.25) is 0 Å². The minimum absolute atomic E-state index is 0.595. The first kappa shape index (κ1) is 16.1. The molecule has 2 aromatic rings. The highest BCUT2D eigenvalue weighted by Crippen LogP contribution is 2.19. The van der Waals surface area contributed by atoms with Crippen molar-refractivity contribution in [3.63, 3.8) is 0 Å². The number of nitrogens with one attached hydrogen (secondary N) is 2. The molecule has 0 amide bonds. The van der Waals surface area contributed by atoms with Crippen LogP contribution in [0.2, 0.25) is 0 Å². The third-order valence-electron chi connectivity index (χ3n) is 3.23. The molecule has 0 saturated heterocycles. The van der Waals surface area contributed by atoms with Gasteiger partial charge < -0.3 is 15.4 Å². The average molecular weight is 300 g/mol. The van der Waals surface area contributed by atoms with E-state index in [1.54, 1.807) is 7.11 Å². The first-order chi connectivity index (χ1) is 10.6. The second-order valence-corrected chi connectivity index (χ2v) is 5.68. The van der Waals surface area contributed by atoms with Crippen LogP contribution in [-0.2, 0) is 0 Å². The normalized spacial score (nSPS) is 10.6. The van der Waals surface area contributed by atoms with Crippen molar-refractivity contribution in [2.45, 2.75) is 27.2 Å². The fraction of sp³-hybridized carbons (Fsp3) is 0.412. The van der Waals surface area contributed by atoms with Crippen molar-refractivity contribution in [1.82, 2.24) is 9.97 Å². The lowest BCUT2D eigenvalue weighted by molar-refractivity contribution is 0.415. The molecule has 0 bridgehead atoms. The first-order valence-electron chi connectivity index (χ1n) is 7.57. The van der Waals surface area contributed by atoms with E-state index in [4.69, 9.17) is 4.74 Å². The van der Waals surface area contributed by atoms with E-state index in [1.807, 2.05) is 37.3 Å². The van der Waals surface area contributed by atoms with Crippen LogP contribution < -0.4 is 15.4 Å². The van der Waals surface area contributed by atoms with Gasteiger partial charge in [0, 0.05) is 24.0 Å². The molecular formula is C17H24N4O. The molecule has 0 atom stereocenters. The summed E-state index contributed by atoms with van der Waals surface area (Å²) >= 11 is 0. The van der Waals surface area contributed by atoms with E-state index in [1.165, 1.54) is 0 Å². The molecule has 118 valence electrons. The predicted molar refractivity (Wildman–Crippen MR) is 91.0 cm³/mol. The number of hydrogen-bond donors (Lipinski definition) is 2. The number of aromatic nitrogens is 2. The maximum absolute atomic E-state index is 5.15. The van der Waals surface area contributed by atoms with Gasteiger partial charge >= 0.3 is 0 Å². The van der Waals surface area contributed by atoms with E-state index in [2.05, 4.69) is 34.4 Å². The molecule has 0 aliphatic carbocycles. The Labute approximate surface area is 132 Å². The smallest absolute Gasteiger partial charge is 0.229 e. The van der Waals surface area contributed by atoms with Gasteiger partial charge in [-0.15, -0.1) is 0 Å². The molecule has 1 heterocycles. The molecule has 5 heteroatoms. The van der Waals surface area contributed by atoms with E-state index in [0.29, 0.717) is 11.9 Å². The number of aryl methyl sites for hydroxylation is 1. The van der Waals surface area contributed by atoms with Crippen molar-refractivity contribution in [2.75, 3.05) is 24.3 Å². The quantitative estimate of drug-likeness (QED) is 0.809. The van der Waals surface area contributed by atoms with Crippen molar-refractivity contribution in [2.24, 2.45) is 5.92 Å². The number of anilines is 3. The number of ether oxygens (including phenoxy) is 1. The lowest BCUT2D eigenvalue weighted by atomic mass is 10.1. The zero-order valence-corrected chi connectivity index (χ0v) is 13.7. The highest BCUT2D eigenvalue weighted by Gasteiger charge is 2.03. The SMILES string of the molecule is COc1ccc(Nc2nc(C)cc(NCCC(C)C)n2)cc1. The lowest BCUT2D eigenvalue weighted by Gasteiger charge is -2.11. The largest absolute Gasteiger partial charge is 0.497 e. The summed E-state index contributed by atoms with van der Waals surface area (Å²) in [5.41, 5.74) is 1.86. The molecule has 0 spiro atoms. The van der Waals surface area contributed by atoms with Crippen LogP contribution in [0.4, 0.5) is 17.5 Å². The molecular weight excluding hydrogens is 276 g/mol. The van der Waals surface area contributed by atoms with Crippen LogP contribution in [0.15, 0.2) is 30.3 Å². The van der Waals surface area contributed by atoms with E-state index in [-0.39, 0.29) is 0 Å². The van der Waals surface area contributed by atoms with Gasteiger partial charge in [0.1, 0.15) is 11.6 Å². The fourth-order valence-electron chi connectivity index (χ4n) is 2.01. The first-order valence-corrected chi connectivity index (χ1v) is 7.57. The lowest BCUT2D eigenvalue weighted by Crippen LogP contribution is -2.08. The second kappa shape index (κ2) is 7.64. The number of nitrogens with zero attached hydrogens (tertiary/aromatic N) is 2. The molecule has 0 aliphatic rings. The third kappa shape index (κ3) is 4.91. The van der Waals surface area contributed by atoms with E-state index in [0.717, 1.165) is 35.9 Å². The summed E-state index contributed by atoms with van der Waals surface area (Å²) in [5, 5.41) is 6.57. The topological polar surface area (TPSA) is 59.1 Å². The molecule has 2 N–H and O–H groups in total. The molecule has 2 rings (SSSR count). The molecule has 1 aromatic carbocycles. The van der Waals surface area contributed by atoms with Gasteiger partial charge in [0.25, 0.3) is 0 Å². The number of benzene rings is 1. The molecule has 22 heavy (non-hydrogen) atoms. The summed E-state index contributed by atoms with van der Waals surface area (Å²) in [7, 11) is 1.65. The Morgan fingerprint density at radius 3 is 2.50 bits per heavy atom. The van der Waals surface area contributed by atoms with Gasteiger partial charge in [0.05, 0.1) is 7.11 Å². The second-order valence-electron chi connectivity index (χ2n) is 5.68. The Balaban J connectivity index is 2.04. The molecule has 0 fully saturated rings. The molecule has 1 aromatic heterocycles. The van der Waals surface area contributed by atoms with Gasteiger partial charge in [-0.25, -0.2) is 4.98 Å². The zero-order chi connectivity index (χ0) is 15.9. The average Bonchev–Trinajstić information content (AvgIpc) is 2.47. The monoisotopic (exact) mass is 300 g/mol. The van der Waals surface area contributed by atoms with Gasteiger partial charge in [-0.05, 0) is 43.5 Å². The Morgan fingerprint density at radius 1 is 1.14 bits per heavy atom. The molecule has 0 unspecified atom stereocenters. The van der Waals surface area contributed by atoms with Crippen molar-refractivity contribution in [1.29, 1.82) is 0 Å². The third-order valence-corrected chi connectivity index (χ3v) is 3.23. The molecule has 0 radical (unpaired) electrons. The Hall–Kier alpha value is -2.30. The van der Waals surface area contributed by atoms with Crippen LogP contribution in [0.3, 0.4) is 0 Å². The summed E-state index contributed by atoms with van der Waals surface area (Å²) < 4.78 is 5.15. The Kier molecular flexibility index (Phi) is 5.58. The van der Waals surface area contributed by atoms with Crippen molar-refractivity contribution < 1.29 is 4.74 Å². The van der Waals surface area contributed by atoms with E-state index in [9.17, 15) is 0 Å². The van der Waals surface area contributed by atoms with Gasteiger partial charge in [-0.1, -0.05) is 13.8 Å². The highest BCUT2D eigenvalue weighted by atomic mass is 16.5. The fourth-order valence-corrected chi connectivity index (χ4v) is 2.01.